The highest BCUT2D eigenvalue weighted by Gasteiger charge is 2.28. The highest BCUT2D eigenvalue weighted by molar-refractivity contribution is 5.88. The molecule has 0 saturated heterocycles. The van der Waals surface area contributed by atoms with E-state index in [0.29, 0.717) is 12.2 Å². The summed E-state index contributed by atoms with van der Waals surface area (Å²) in [5.41, 5.74) is 3.92. The van der Waals surface area contributed by atoms with E-state index < -0.39 is 12.8 Å². The zero-order valence-corrected chi connectivity index (χ0v) is 14.4. The number of carbonyl (C=O) groups is 1. The number of nitrogens with zero attached hydrogens (tertiary/aromatic N) is 2. The SMILES string of the molecule is CCC(=O)Nc1cccc[n+]1NC(C)c1ccc(OCC(F)(F)F)nc1. The van der Waals surface area contributed by atoms with E-state index in [0.717, 1.165) is 5.56 Å². The number of anilines is 1. The topological polar surface area (TPSA) is 67.1 Å². The molecule has 2 aromatic heterocycles. The molecule has 2 aromatic rings. The summed E-state index contributed by atoms with van der Waals surface area (Å²) in [4.78, 5) is 15.5. The largest absolute Gasteiger partial charge is 0.468 e. The minimum atomic E-state index is -4.40. The molecule has 0 aliphatic heterocycles. The van der Waals surface area contributed by atoms with Crippen molar-refractivity contribution in [1.82, 2.24) is 4.98 Å². The van der Waals surface area contributed by atoms with Gasteiger partial charge in [-0.05, 0) is 24.6 Å². The van der Waals surface area contributed by atoms with Gasteiger partial charge in [-0.3, -0.25) is 0 Å². The Balaban J connectivity index is 2.04. The predicted octanol–water partition coefficient (Wildman–Crippen LogP) is 2.96. The smallest absolute Gasteiger partial charge is 0.422 e. The van der Waals surface area contributed by atoms with Crippen LogP contribution in [0.5, 0.6) is 5.88 Å². The van der Waals surface area contributed by atoms with E-state index in [1.165, 1.54) is 12.3 Å². The summed E-state index contributed by atoms with van der Waals surface area (Å²) in [7, 11) is 0. The summed E-state index contributed by atoms with van der Waals surface area (Å²) in [6, 6.07) is 8.14. The van der Waals surface area contributed by atoms with Crippen LogP contribution in [0.15, 0.2) is 42.7 Å². The molecular weight excluding hydrogens is 349 g/mol. The van der Waals surface area contributed by atoms with E-state index in [2.05, 4.69) is 20.5 Å². The fourth-order valence-electron chi connectivity index (χ4n) is 2.06. The van der Waals surface area contributed by atoms with E-state index in [1.807, 2.05) is 6.92 Å². The van der Waals surface area contributed by atoms with Crippen LogP contribution in [0.4, 0.5) is 19.0 Å². The van der Waals surface area contributed by atoms with Gasteiger partial charge in [0.25, 0.3) is 0 Å². The Morgan fingerprint density at radius 1 is 1.31 bits per heavy atom. The lowest BCUT2D eigenvalue weighted by molar-refractivity contribution is -0.639. The van der Waals surface area contributed by atoms with Gasteiger partial charge in [0.1, 0.15) is 6.20 Å². The molecular formula is C17H20F3N4O2+. The van der Waals surface area contributed by atoms with E-state index >= 15 is 0 Å². The first-order valence-corrected chi connectivity index (χ1v) is 8.01. The van der Waals surface area contributed by atoms with Gasteiger partial charge in [-0.15, -0.1) is 4.68 Å². The molecule has 1 atom stereocenters. The van der Waals surface area contributed by atoms with Crippen LogP contribution in [0.3, 0.4) is 0 Å². The quantitative estimate of drug-likeness (QED) is 0.737. The molecule has 2 N–H and O–H groups in total. The monoisotopic (exact) mass is 369 g/mol. The average Bonchev–Trinajstić information content (AvgIpc) is 2.61. The molecule has 6 nitrogen and oxygen atoms in total. The van der Waals surface area contributed by atoms with Crippen LogP contribution >= 0.6 is 0 Å². The van der Waals surface area contributed by atoms with Crippen molar-refractivity contribution in [1.29, 1.82) is 0 Å². The standard InChI is InChI=1S/C17H19F3N4O2/c1-3-15(25)22-14-6-4-5-9-24(14)23-12(2)13-7-8-16(21-10-13)26-11-17(18,19)20/h4-10,12,23H,3,11H2,1-2H3/p+1. The Morgan fingerprint density at radius 3 is 2.69 bits per heavy atom. The lowest BCUT2D eigenvalue weighted by Gasteiger charge is -2.15. The summed E-state index contributed by atoms with van der Waals surface area (Å²) >= 11 is 0. The maximum atomic E-state index is 12.1. The zero-order chi connectivity index (χ0) is 19.2. The number of aromatic nitrogens is 2. The molecule has 1 unspecified atom stereocenters. The molecule has 0 spiro atoms. The van der Waals surface area contributed by atoms with Crippen molar-refractivity contribution in [3.05, 3.63) is 48.3 Å². The van der Waals surface area contributed by atoms with Crippen molar-refractivity contribution < 1.29 is 27.4 Å². The molecule has 0 aromatic carbocycles. The van der Waals surface area contributed by atoms with Gasteiger partial charge in [0.15, 0.2) is 6.61 Å². The number of rotatable bonds is 7. The molecule has 26 heavy (non-hydrogen) atoms. The van der Waals surface area contributed by atoms with Crippen molar-refractivity contribution in [3.8, 4) is 5.88 Å². The van der Waals surface area contributed by atoms with Gasteiger partial charge in [0.2, 0.25) is 5.88 Å². The Bertz CT molecular complexity index is 736. The molecule has 0 aliphatic rings. The minimum Gasteiger partial charge on any atom is -0.468 e. The Kier molecular flexibility index (Phi) is 6.37. The predicted molar refractivity (Wildman–Crippen MR) is 89.1 cm³/mol. The lowest BCUT2D eigenvalue weighted by atomic mass is 10.1. The molecule has 0 fully saturated rings. The van der Waals surface area contributed by atoms with Crippen LogP contribution in [0.1, 0.15) is 31.9 Å². The van der Waals surface area contributed by atoms with Crippen molar-refractivity contribution in [2.45, 2.75) is 32.5 Å². The van der Waals surface area contributed by atoms with E-state index in [1.54, 1.807) is 42.1 Å². The first kappa shape index (κ1) is 19.5. The molecule has 0 saturated carbocycles. The highest BCUT2D eigenvalue weighted by Crippen LogP contribution is 2.19. The normalized spacial score (nSPS) is 12.3. The van der Waals surface area contributed by atoms with Crippen LogP contribution in [-0.4, -0.2) is 23.7 Å². The molecule has 0 bridgehead atoms. The van der Waals surface area contributed by atoms with Gasteiger partial charge in [0.05, 0.1) is 6.04 Å². The fraction of sp³-hybridized carbons (Fsp3) is 0.353. The Hall–Kier alpha value is -2.84. The number of carbonyl (C=O) groups excluding carboxylic acids is 1. The van der Waals surface area contributed by atoms with Crippen LogP contribution in [0, 0.1) is 0 Å². The average molecular weight is 369 g/mol. The van der Waals surface area contributed by atoms with E-state index in [-0.39, 0.29) is 17.8 Å². The Labute approximate surface area is 149 Å². The summed E-state index contributed by atoms with van der Waals surface area (Å²) < 4.78 is 42.7. The number of alkyl halides is 3. The van der Waals surface area contributed by atoms with Crippen LogP contribution in [-0.2, 0) is 4.79 Å². The Morgan fingerprint density at radius 2 is 2.08 bits per heavy atom. The molecule has 2 rings (SSSR count). The van der Waals surface area contributed by atoms with Gasteiger partial charge in [0, 0.05) is 24.8 Å². The molecule has 9 heteroatoms. The molecule has 0 aliphatic carbocycles. The molecule has 140 valence electrons. The van der Waals surface area contributed by atoms with Gasteiger partial charge in [-0.2, -0.15) is 13.2 Å². The third-order valence-electron chi connectivity index (χ3n) is 3.42. The summed E-state index contributed by atoms with van der Waals surface area (Å²) in [5.74, 6) is 0.359. The van der Waals surface area contributed by atoms with Crippen LogP contribution in [0.2, 0.25) is 0 Å². The van der Waals surface area contributed by atoms with Gasteiger partial charge >= 0.3 is 17.9 Å². The fourth-order valence-corrected chi connectivity index (χ4v) is 2.06. The zero-order valence-electron chi connectivity index (χ0n) is 14.4. The molecule has 2 heterocycles. The van der Waals surface area contributed by atoms with Gasteiger partial charge < -0.3 is 4.74 Å². The van der Waals surface area contributed by atoms with Crippen molar-refractivity contribution in [2.24, 2.45) is 0 Å². The maximum absolute atomic E-state index is 12.1. The number of hydrogen-bond donors (Lipinski definition) is 2. The van der Waals surface area contributed by atoms with Gasteiger partial charge in [-0.25, -0.2) is 20.5 Å². The number of nitrogens with one attached hydrogen (secondary N) is 2. The summed E-state index contributed by atoms with van der Waals surface area (Å²) in [5, 5.41) is 2.78. The van der Waals surface area contributed by atoms with Crippen molar-refractivity contribution >= 4 is 11.7 Å². The van der Waals surface area contributed by atoms with E-state index in [4.69, 9.17) is 0 Å². The number of halogens is 3. The van der Waals surface area contributed by atoms with Crippen molar-refractivity contribution in [3.63, 3.8) is 0 Å². The third kappa shape index (κ3) is 5.91. The van der Waals surface area contributed by atoms with Crippen LogP contribution in [0.25, 0.3) is 0 Å². The second-order valence-corrected chi connectivity index (χ2v) is 5.54. The number of ether oxygens (including phenoxy) is 1. The first-order chi connectivity index (χ1) is 12.3. The maximum Gasteiger partial charge on any atom is 0.422 e. The second-order valence-electron chi connectivity index (χ2n) is 5.54. The second kappa shape index (κ2) is 8.50. The number of pyridine rings is 2. The summed E-state index contributed by atoms with van der Waals surface area (Å²) in [6.07, 6.45) is -0.862. The third-order valence-corrected chi connectivity index (χ3v) is 3.42. The van der Waals surface area contributed by atoms with E-state index in [9.17, 15) is 18.0 Å². The van der Waals surface area contributed by atoms with Crippen molar-refractivity contribution in [2.75, 3.05) is 17.3 Å². The highest BCUT2D eigenvalue weighted by atomic mass is 19.4. The minimum absolute atomic E-state index is 0.0958. The molecule has 0 radical (unpaired) electrons. The summed E-state index contributed by atoms with van der Waals surface area (Å²) in [6.45, 7) is 2.24. The first-order valence-electron chi connectivity index (χ1n) is 8.01. The van der Waals surface area contributed by atoms with Gasteiger partial charge in [-0.1, -0.05) is 13.0 Å². The number of hydrogen-bond acceptors (Lipinski definition) is 4. The number of amides is 1. The molecule has 1 amide bonds. The lowest BCUT2D eigenvalue weighted by Crippen LogP contribution is -2.48. The van der Waals surface area contributed by atoms with Crippen LogP contribution < -0.4 is 20.2 Å².